The molecule has 1 aromatic heterocycles. The van der Waals surface area contributed by atoms with Crippen molar-refractivity contribution in [2.24, 2.45) is 5.10 Å². The highest BCUT2D eigenvalue weighted by Crippen LogP contribution is 2.14. The number of hydrogen-bond donors (Lipinski definition) is 1. The third kappa shape index (κ3) is 5.07. The van der Waals surface area contributed by atoms with Crippen LogP contribution in [0, 0.1) is 0 Å². The fourth-order valence-electron chi connectivity index (χ4n) is 2.98. The Hall–Kier alpha value is -3.41. The van der Waals surface area contributed by atoms with Gasteiger partial charge in [-0.2, -0.15) is 10.2 Å². The molecule has 1 heterocycles. The van der Waals surface area contributed by atoms with E-state index in [1.165, 1.54) is 5.69 Å². The molecule has 144 valence electrons. The summed E-state index contributed by atoms with van der Waals surface area (Å²) in [6, 6.07) is 17.5. The van der Waals surface area contributed by atoms with Crippen LogP contribution in [-0.2, 0) is 6.54 Å². The summed E-state index contributed by atoms with van der Waals surface area (Å²) in [7, 11) is 0. The van der Waals surface area contributed by atoms with Gasteiger partial charge in [0.2, 0.25) is 0 Å². The Bertz CT molecular complexity index is 912. The molecule has 6 nitrogen and oxygen atoms in total. The molecule has 0 radical (unpaired) electrons. The quantitative estimate of drug-likeness (QED) is 0.484. The van der Waals surface area contributed by atoms with Crippen molar-refractivity contribution >= 4 is 17.8 Å². The van der Waals surface area contributed by atoms with Crippen LogP contribution in [0.5, 0.6) is 0 Å². The molecule has 6 heteroatoms. The van der Waals surface area contributed by atoms with Gasteiger partial charge in [-0.3, -0.25) is 9.48 Å². The van der Waals surface area contributed by atoms with Crippen molar-refractivity contribution in [2.75, 3.05) is 18.0 Å². The van der Waals surface area contributed by atoms with Crippen LogP contribution >= 0.6 is 0 Å². The van der Waals surface area contributed by atoms with Gasteiger partial charge in [-0.1, -0.05) is 24.3 Å². The minimum atomic E-state index is -0.238. The number of nitrogens with one attached hydrogen (secondary N) is 1. The van der Waals surface area contributed by atoms with Crippen molar-refractivity contribution in [3.8, 4) is 0 Å². The molecule has 0 spiro atoms. The average molecular weight is 375 g/mol. The molecule has 3 aromatic rings. The fourth-order valence-corrected chi connectivity index (χ4v) is 2.98. The first-order valence-corrected chi connectivity index (χ1v) is 9.44. The normalized spacial score (nSPS) is 10.9. The maximum absolute atomic E-state index is 12.4. The number of rotatable bonds is 8. The monoisotopic (exact) mass is 375 g/mol. The van der Waals surface area contributed by atoms with E-state index >= 15 is 0 Å². The smallest absolute Gasteiger partial charge is 0.271 e. The fraction of sp³-hybridized carbons (Fsp3) is 0.227. The largest absolute Gasteiger partial charge is 0.372 e. The molecule has 0 unspecified atom stereocenters. The third-order valence-electron chi connectivity index (χ3n) is 4.49. The molecular formula is C22H25N5O. The molecule has 28 heavy (non-hydrogen) atoms. The number of amides is 1. The van der Waals surface area contributed by atoms with Gasteiger partial charge < -0.3 is 4.90 Å². The first kappa shape index (κ1) is 19.4. The van der Waals surface area contributed by atoms with E-state index < -0.39 is 0 Å². The summed E-state index contributed by atoms with van der Waals surface area (Å²) < 4.78 is 1.82. The van der Waals surface area contributed by atoms with Crippen LogP contribution in [0.3, 0.4) is 0 Å². The zero-order valence-electron chi connectivity index (χ0n) is 16.2. The number of anilines is 1. The second-order valence-corrected chi connectivity index (χ2v) is 6.37. The highest BCUT2D eigenvalue weighted by molar-refractivity contribution is 5.95. The lowest BCUT2D eigenvalue weighted by Gasteiger charge is -2.20. The van der Waals surface area contributed by atoms with Crippen LogP contribution in [0.4, 0.5) is 5.69 Å². The van der Waals surface area contributed by atoms with Crippen molar-refractivity contribution in [2.45, 2.75) is 20.4 Å². The van der Waals surface area contributed by atoms with E-state index in [0.717, 1.165) is 24.2 Å². The molecule has 0 fully saturated rings. The Morgan fingerprint density at radius 2 is 1.93 bits per heavy atom. The van der Waals surface area contributed by atoms with Crippen LogP contribution in [0.1, 0.15) is 35.3 Å². The van der Waals surface area contributed by atoms with E-state index in [1.807, 2.05) is 47.3 Å². The predicted molar refractivity (Wildman–Crippen MR) is 113 cm³/mol. The van der Waals surface area contributed by atoms with Crippen molar-refractivity contribution in [3.63, 3.8) is 0 Å². The molecule has 0 saturated carbocycles. The predicted octanol–water partition coefficient (Wildman–Crippen LogP) is 3.54. The number of hydrazone groups is 1. The van der Waals surface area contributed by atoms with Gasteiger partial charge >= 0.3 is 0 Å². The summed E-state index contributed by atoms with van der Waals surface area (Å²) in [4.78, 5) is 14.6. The Balaban J connectivity index is 1.59. The SMILES string of the molecule is CCN(CC)c1ccc(C=NNC(=O)c2cccc(Cn3cccn3)c2)cc1. The molecule has 0 aliphatic heterocycles. The number of carbonyl (C=O) groups is 1. The van der Waals surface area contributed by atoms with Crippen LogP contribution in [-0.4, -0.2) is 35.0 Å². The van der Waals surface area contributed by atoms with Crippen LogP contribution in [0.2, 0.25) is 0 Å². The number of carbonyl (C=O) groups excluding carboxylic acids is 1. The molecule has 0 aliphatic carbocycles. The van der Waals surface area contributed by atoms with E-state index in [0.29, 0.717) is 12.1 Å². The summed E-state index contributed by atoms with van der Waals surface area (Å²) in [5.41, 5.74) is 6.28. The number of benzene rings is 2. The van der Waals surface area contributed by atoms with Gasteiger partial charge in [0.25, 0.3) is 5.91 Å². The Morgan fingerprint density at radius 1 is 1.14 bits per heavy atom. The van der Waals surface area contributed by atoms with Gasteiger partial charge in [0.1, 0.15) is 0 Å². The van der Waals surface area contributed by atoms with E-state index in [9.17, 15) is 4.79 Å². The Morgan fingerprint density at radius 3 is 2.61 bits per heavy atom. The summed E-state index contributed by atoms with van der Waals surface area (Å²) in [5.74, 6) is -0.238. The third-order valence-corrected chi connectivity index (χ3v) is 4.49. The minimum Gasteiger partial charge on any atom is -0.372 e. The lowest BCUT2D eigenvalue weighted by atomic mass is 10.1. The van der Waals surface area contributed by atoms with Gasteiger partial charge in [0, 0.05) is 36.7 Å². The lowest BCUT2D eigenvalue weighted by molar-refractivity contribution is 0.0955. The Labute approximate surface area is 165 Å². The zero-order chi connectivity index (χ0) is 19.8. The molecule has 0 bridgehead atoms. The van der Waals surface area contributed by atoms with Gasteiger partial charge in [-0.25, -0.2) is 5.43 Å². The summed E-state index contributed by atoms with van der Waals surface area (Å²) >= 11 is 0. The van der Waals surface area contributed by atoms with Crippen LogP contribution < -0.4 is 10.3 Å². The topological polar surface area (TPSA) is 62.5 Å². The number of aromatic nitrogens is 2. The maximum Gasteiger partial charge on any atom is 0.271 e. The van der Waals surface area contributed by atoms with Crippen molar-refractivity contribution in [3.05, 3.63) is 83.7 Å². The number of hydrogen-bond acceptors (Lipinski definition) is 4. The first-order chi connectivity index (χ1) is 13.7. The average Bonchev–Trinajstić information content (AvgIpc) is 3.23. The molecule has 1 N–H and O–H groups in total. The molecular weight excluding hydrogens is 350 g/mol. The number of nitrogens with zero attached hydrogens (tertiary/aromatic N) is 4. The van der Waals surface area contributed by atoms with E-state index in [1.54, 1.807) is 18.5 Å². The lowest BCUT2D eigenvalue weighted by Crippen LogP contribution is -2.21. The zero-order valence-corrected chi connectivity index (χ0v) is 16.2. The minimum absolute atomic E-state index is 0.238. The van der Waals surface area contributed by atoms with E-state index in [2.05, 4.69) is 46.5 Å². The first-order valence-electron chi connectivity index (χ1n) is 9.44. The van der Waals surface area contributed by atoms with Gasteiger partial charge in [-0.15, -0.1) is 0 Å². The van der Waals surface area contributed by atoms with Crippen molar-refractivity contribution < 1.29 is 4.79 Å². The van der Waals surface area contributed by atoms with Crippen LogP contribution in [0.15, 0.2) is 72.1 Å². The van der Waals surface area contributed by atoms with Gasteiger partial charge in [0.05, 0.1) is 12.8 Å². The molecule has 0 atom stereocenters. The van der Waals surface area contributed by atoms with Gasteiger partial charge in [0.15, 0.2) is 0 Å². The highest BCUT2D eigenvalue weighted by Gasteiger charge is 2.06. The molecule has 1 amide bonds. The second-order valence-electron chi connectivity index (χ2n) is 6.37. The molecule has 2 aromatic carbocycles. The van der Waals surface area contributed by atoms with Crippen LogP contribution in [0.25, 0.3) is 0 Å². The Kier molecular flexibility index (Phi) is 6.57. The standard InChI is InChI=1S/C22H25N5O/c1-3-26(4-2)21-11-9-18(10-12-21)16-23-25-22(28)20-8-5-7-19(15-20)17-27-14-6-13-24-27/h5-16H,3-4,17H2,1-2H3,(H,25,28). The van der Waals surface area contributed by atoms with Crippen molar-refractivity contribution in [1.29, 1.82) is 0 Å². The summed E-state index contributed by atoms with van der Waals surface area (Å²) in [6.45, 7) is 6.84. The highest BCUT2D eigenvalue weighted by atomic mass is 16.2. The van der Waals surface area contributed by atoms with E-state index in [4.69, 9.17) is 0 Å². The maximum atomic E-state index is 12.4. The molecule has 0 aliphatic rings. The summed E-state index contributed by atoms with van der Waals surface area (Å²) in [5, 5.41) is 8.27. The molecule has 0 saturated heterocycles. The molecule has 3 rings (SSSR count). The van der Waals surface area contributed by atoms with E-state index in [-0.39, 0.29) is 5.91 Å². The second kappa shape index (κ2) is 9.50. The van der Waals surface area contributed by atoms with Gasteiger partial charge in [-0.05, 0) is 55.3 Å². The summed E-state index contributed by atoms with van der Waals surface area (Å²) in [6.07, 6.45) is 5.28. The van der Waals surface area contributed by atoms with Crippen molar-refractivity contribution in [1.82, 2.24) is 15.2 Å².